The second-order valence-corrected chi connectivity index (χ2v) is 4.56. The molecule has 0 aliphatic carbocycles. The van der Waals surface area contributed by atoms with Gasteiger partial charge in [0.1, 0.15) is 23.0 Å². The van der Waals surface area contributed by atoms with Gasteiger partial charge in [-0.3, -0.25) is 14.3 Å². The molecule has 3 aromatic rings. The van der Waals surface area contributed by atoms with Crippen molar-refractivity contribution in [3.8, 4) is 0 Å². The SMILES string of the molecule is Cc1oc2ncn(Cc3cccnc3)c(=O)c2c1C(=O)O. The van der Waals surface area contributed by atoms with Crippen LogP contribution in [0.15, 0.2) is 40.1 Å². The molecule has 0 radical (unpaired) electrons. The zero-order chi connectivity index (χ0) is 15.0. The number of aromatic nitrogens is 3. The van der Waals surface area contributed by atoms with Crippen LogP contribution in [-0.2, 0) is 6.54 Å². The predicted molar refractivity (Wildman–Crippen MR) is 73.3 cm³/mol. The van der Waals surface area contributed by atoms with E-state index < -0.39 is 11.5 Å². The van der Waals surface area contributed by atoms with Gasteiger partial charge >= 0.3 is 5.97 Å². The lowest BCUT2D eigenvalue weighted by Crippen LogP contribution is -2.22. The zero-order valence-electron chi connectivity index (χ0n) is 11.1. The summed E-state index contributed by atoms with van der Waals surface area (Å²) in [6.07, 6.45) is 4.61. The van der Waals surface area contributed by atoms with E-state index in [2.05, 4.69) is 9.97 Å². The molecule has 3 heterocycles. The summed E-state index contributed by atoms with van der Waals surface area (Å²) < 4.78 is 6.56. The number of carboxylic acid groups (broad SMARTS) is 1. The summed E-state index contributed by atoms with van der Waals surface area (Å²) in [4.78, 5) is 31.7. The van der Waals surface area contributed by atoms with Crippen molar-refractivity contribution in [2.75, 3.05) is 0 Å². The van der Waals surface area contributed by atoms with Gasteiger partial charge in [-0.1, -0.05) is 6.07 Å². The molecular weight excluding hydrogens is 274 g/mol. The van der Waals surface area contributed by atoms with Gasteiger partial charge in [0.05, 0.1) is 6.54 Å². The summed E-state index contributed by atoms with van der Waals surface area (Å²) >= 11 is 0. The van der Waals surface area contributed by atoms with E-state index >= 15 is 0 Å². The number of aromatic carboxylic acids is 1. The lowest BCUT2D eigenvalue weighted by Gasteiger charge is -2.04. The number of pyridine rings is 1. The van der Waals surface area contributed by atoms with Gasteiger partial charge in [-0.2, -0.15) is 0 Å². The summed E-state index contributed by atoms with van der Waals surface area (Å²) in [5.41, 5.74) is 0.274. The standard InChI is InChI=1S/C14H11N3O4/c1-8-10(14(19)20)11-12(21-8)16-7-17(13(11)18)6-9-3-2-4-15-5-9/h2-5,7H,6H2,1H3,(H,19,20). The van der Waals surface area contributed by atoms with Gasteiger partial charge in [0.2, 0.25) is 5.71 Å². The third-order valence-electron chi connectivity index (χ3n) is 3.14. The van der Waals surface area contributed by atoms with Gasteiger partial charge in [-0.15, -0.1) is 0 Å². The zero-order valence-corrected chi connectivity index (χ0v) is 11.1. The molecule has 0 atom stereocenters. The highest BCUT2D eigenvalue weighted by Gasteiger charge is 2.22. The normalized spacial score (nSPS) is 10.9. The van der Waals surface area contributed by atoms with Crippen LogP contribution in [0.2, 0.25) is 0 Å². The molecule has 0 fully saturated rings. The van der Waals surface area contributed by atoms with Crippen LogP contribution in [0, 0.1) is 6.92 Å². The Balaban J connectivity index is 2.18. The Morgan fingerprint density at radius 3 is 2.95 bits per heavy atom. The fourth-order valence-electron chi connectivity index (χ4n) is 2.20. The van der Waals surface area contributed by atoms with Crippen molar-refractivity contribution in [2.45, 2.75) is 13.5 Å². The first-order valence-electron chi connectivity index (χ1n) is 6.18. The minimum atomic E-state index is -1.20. The maximum atomic E-state index is 12.5. The highest BCUT2D eigenvalue weighted by atomic mass is 16.4. The highest BCUT2D eigenvalue weighted by Crippen LogP contribution is 2.20. The lowest BCUT2D eigenvalue weighted by atomic mass is 10.2. The van der Waals surface area contributed by atoms with Gasteiger partial charge in [-0.05, 0) is 18.6 Å². The molecular formula is C14H11N3O4. The summed E-state index contributed by atoms with van der Waals surface area (Å²) in [6.45, 7) is 1.76. The molecule has 1 N–H and O–H groups in total. The van der Waals surface area contributed by atoms with Crippen molar-refractivity contribution in [3.63, 3.8) is 0 Å². The minimum Gasteiger partial charge on any atom is -0.478 e. The molecule has 7 heteroatoms. The van der Waals surface area contributed by atoms with Crippen molar-refractivity contribution in [3.05, 3.63) is 58.1 Å². The van der Waals surface area contributed by atoms with Gasteiger partial charge in [0.15, 0.2) is 0 Å². The first-order valence-corrected chi connectivity index (χ1v) is 6.18. The number of fused-ring (bicyclic) bond motifs is 1. The highest BCUT2D eigenvalue weighted by molar-refractivity contribution is 6.02. The molecule has 3 aromatic heterocycles. The number of carbonyl (C=O) groups is 1. The monoisotopic (exact) mass is 285 g/mol. The van der Waals surface area contributed by atoms with Crippen LogP contribution in [-0.4, -0.2) is 25.6 Å². The van der Waals surface area contributed by atoms with E-state index in [1.54, 1.807) is 18.5 Å². The Kier molecular flexibility index (Phi) is 3.02. The summed E-state index contributed by atoms with van der Waals surface area (Å²) in [6, 6.07) is 3.58. The first kappa shape index (κ1) is 13.0. The first-order chi connectivity index (χ1) is 10.1. The molecule has 106 valence electrons. The third-order valence-corrected chi connectivity index (χ3v) is 3.14. The second-order valence-electron chi connectivity index (χ2n) is 4.56. The van der Waals surface area contributed by atoms with Crippen LogP contribution in [0.4, 0.5) is 0 Å². The van der Waals surface area contributed by atoms with Crippen LogP contribution >= 0.6 is 0 Å². The molecule has 3 rings (SSSR count). The molecule has 0 aliphatic rings. The number of rotatable bonds is 3. The van der Waals surface area contributed by atoms with Gasteiger partial charge in [0, 0.05) is 12.4 Å². The molecule has 0 amide bonds. The van der Waals surface area contributed by atoms with Crippen LogP contribution < -0.4 is 5.56 Å². The van der Waals surface area contributed by atoms with Crippen molar-refractivity contribution in [1.29, 1.82) is 0 Å². The van der Waals surface area contributed by atoms with E-state index in [4.69, 9.17) is 4.42 Å². The molecule has 0 spiro atoms. The number of aryl methyl sites for hydroxylation is 1. The van der Waals surface area contributed by atoms with E-state index in [0.29, 0.717) is 0 Å². The minimum absolute atomic E-state index is 0.00797. The molecule has 0 aromatic carbocycles. The van der Waals surface area contributed by atoms with Crippen molar-refractivity contribution in [2.24, 2.45) is 0 Å². The van der Waals surface area contributed by atoms with E-state index in [-0.39, 0.29) is 29.0 Å². The van der Waals surface area contributed by atoms with Crippen LogP contribution in [0.25, 0.3) is 11.1 Å². The number of carboxylic acids is 1. The van der Waals surface area contributed by atoms with E-state index in [1.165, 1.54) is 17.8 Å². The molecule has 0 saturated heterocycles. The summed E-state index contributed by atoms with van der Waals surface area (Å²) in [5.74, 6) is -1.04. The fourth-order valence-corrected chi connectivity index (χ4v) is 2.20. The van der Waals surface area contributed by atoms with Crippen molar-refractivity contribution < 1.29 is 14.3 Å². The van der Waals surface area contributed by atoms with Gasteiger partial charge in [-0.25, -0.2) is 9.78 Å². The lowest BCUT2D eigenvalue weighted by molar-refractivity contribution is 0.0697. The average molecular weight is 285 g/mol. The largest absolute Gasteiger partial charge is 0.478 e. The summed E-state index contributed by atoms with van der Waals surface area (Å²) in [7, 11) is 0. The Morgan fingerprint density at radius 1 is 1.48 bits per heavy atom. The average Bonchev–Trinajstić information content (AvgIpc) is 2.80. The topological polar surface area (TPSA) is 98.2 Å². The van der Waals surface area contributed by atoms with Gasteiger partial charge in [0.25, 0.3) is 5.56 Å². The molecule has 21 heavy (non-hydrogen) atoms. The number of hydrogen-bond acceptors (Lipinski definition) is 5. The number of nitrogens with zero attached hydrogens (tertiary/aromatic N) is 3. The van der Waals surface area contributed by atoms with Gasteiger partial charge < -0.3 is 9.52 Å². The number of furan rings is 1. The molecule has 0 saturated carbocycles. The van der Waals surface area contributed by atoms with E-state index in [0.717, 1.165) is 5.56 Å². The number of hydrogen-bond donors (Lipinski definition) is 1. The molecule has 0 aliphatic heterocycles. The van der Waals surface area contributed by atoms with Crippen molar-refractivity contribution >= 4 is 17.1 Å². The smallest absolute Gasteiger partial charge is 0.340 e. The van der Waals surface area contributed by atoms with E-state index in [9.17, 15) is 14.7 Å². The second kappa shape index (κ2) is 4.86. The Labute approximate surface area is 118 Å². The maximum Gasteiger partial charge on any atom is 0.340 e. The summed E-state index contributed by atoms with van der Waals surface area (Å²) in [5, 5.41) is 9.20. The van der Waals surface area contributed by atoms with Crippen LogP contribution in [0.5, 0.6) is 0 Å². The maximum absolute atomic E-state index is 12.5. The van der Waals surface area contributed by atoms with E-state index in [1.807, 2.05) is 6.07 Å². The Hall–Kier alpha value is -2.96. The predicted octanol–water partition coefficient (Wildman–Crippen LogP) is 1.44. The van der Waals surface area contributed by atoms with Crippen LogP contribution in [0.1, 0.15) is 21.7 Å². The third kappa shape index (κ3) is 2.18. The van der Waals surface area contributed by atoms with Crippen molar-refractivity contribution in [1.82, 2.24) is 14.5 Å². The Bertz CT molecular complexity index is 880. The molecule has 0 unspecified atom stereocenters. The molecule has 0 bridgehead atoms. The fraction of sp³-hybridized carbons (Fsp3) is 0.143. The van der Waals surface area contributed by atoms with Crippen LogP contribution in [0.3, 0.4) is 0 Å². The quantitative estimate of drug-likeness (QED) is 0.781. The molecule has 7 nitrogen and oxygen atoms in total. The Morgan fingerprint density at radius 2 is 2.29 bits per heavy atom.